The molecule has 0 aromatic carbocycles. The Morgan fingerprint density at radius 3 is 2.53 bits per heavy atom. The van der Waals surface area contributed by atoms with E-state index in [0.717, 1.165) is 19.1 Å². The zero-order chi connectivity index (χ0) is 13.6. The topological polar surface area (TPSA) is 38.5 Å². The summed E-state index contributed by atoms with van der Waals surface area (Å²) in [6.45, 7) is 5.51. The fraction of sp³-hybridized carbons (Fsp3) is 1.00. The van der Waals surface area contributed by atoms with Gasteiger partial charge in [0, 0.05) is 20.2 Å². The Labute approximate surface area is 118 Å². The number of hydrogen-bond donors (Lipinski definition) is 1. The molecule has 0 aromatic heterocycles. The average molecular weight is 268 g/mol. The number of hydrogen-bond acceptors (Lipinski definition) is 3. The fourth-order valence-electron chi connectivity index (χ4n) is 4.05. The molecule has 1 atom stereocenters. The molecule has 19 heavy (non-hydrogen) atoms. The molecule has 0 aromatic rings. The number of piperidine rings is 1. The van der Waals surface area contributed by atoms with Crippen LogP contribution >= 0.6 is 0 Å². The van der Waals surface area contributed by atoms with Crippen molar-refractivity contribution >= 4 is 0 Å². The third kappa shape index (κ3) is 4.44. The van der Waals surface area contributed by atoms with Gasteiger partial charge in [-0.1, -0.05) is 25.7 Å². The van der Waals surface area contributed by atoms with Crippen molar-refractivity contribution in [1.82, 2.24) is 4.90 Å². The lowest BCUT2D eigenvalue weighted by Crippen LogP contribution is -2.46. The van der Waals surface area contributed by atoms with Crippen molar-refractivity contribution in [3.05, 3.63) is 0 Å². The van der Waals surface area contributed by atoms with Crippen LogP contribution in [0.3, 0.4) is 0 Å². The molecule has 1 aliphatic carbocycles. The van der Waals surface area contributed by atoms with E-state index in [-0.39, 0.29) is 0 Å². The van der Waals surface area contributed by atoms with Crippen molar-refractivity contribution in [2.75, 3.05) is 39.9 Å². The van der Waals surface area contributed by atoms with E-state index in [0.29, 0.717) is 5.41 Å². The molecule has 3 nitrogen and oxygen atoms in total. The predicted molar refractivity (Wildman–Crippen MR) is 80.2 cm³/mol. The SMILES string of the molecule is COCC1CCCN(CC2(CN)CCCCCC2)C1. The molecule has 1 saturated heterocycles. The molecule has 0 bridgehead atoms. The van der Waals surface area contributed by atoms with Crippen LogP contribution in [-0.4, -0.2) is 44.8 Å². The minimum Gasteiger partial charge on any atom is -0.384 e. The van der Waals surface area contributed by atoms with Gasteiger partial charge >= 0.3 is 0 Å². The molecule has 0 radical (unpaired) electrons. The highest BCUT2D eigenvalue weighted by Gasteiger charge is 2.33. The lowest BCUT2D eigenvalue weighted by molar-refractivity contribution is 0.0592. The minimum absolute atomic E-state index is 0.408. The average Bonchev–Trinajstić information content (AvgIpc) is 2.66. The minimum atomic E-state index is 0.408. The standard InChI is InChI=1S/C16H32N2O/c1-19-12-15-7-6-10-18(11-15)14-16(13-17)8-4-2-3-5-9-16/h15H,2-14,17H2,1H3. The van der Waals surface area contributed by atoms with E-state index in [2.05, 4.69) is 4.90 Å². The van der Waals surface area contributed by atoms with Gasteiger partial charge < -0.3 is 15.4 Å². The Balaban J connectivity index is 1.89. The van der Waals surface area contributed by atoms with E-state index in [9.17, 15) is 0 Å². The Morgan fingerprint density at radius 1 is 1.16 bits per heavy atom. The lowest BCUT2D eigenvalue weighted by Gasteiger charge is -2.40. The van der Waals surface area contributed by atoms with Crippen LogP contribution in [0.4, 0.5) is 0 Å². The highest BCUT2D eigenvalue weighted by Crippen LogP contribution is 2.35. The van der Waals surface area contributed by atoms with Crippen molar-refractivity contribution < 1.29 is 4.74 Å². The molecule has 2 rings (SSSR count). The summed E-state index contributed by atoms with van der Waals surface area (Å²) < 4.78 is 5.34. The van der Waals surface area contributed by atoms with Gasteiger partial charge in [0.2, 0.25) is 0 Å². The fourth-order valence-corrected chi connectivity index (χ4v) is 4.05. The highest BCUT2D eigenvalue weighted by molar-refractivity contribution is 4.87. The number of rotatable bonds is 5. The van der Waals surface area contributed by atoms with Crippen LogP contribution in [-0.2, 0) is 4.74 Å². The number of ether oxygens (including phenoxy) is 1. The highest BCUT2D eigenvalue weighted by atomic mass is 16.5. The van der Waals surface area contributed by atoms with Gasteiger partial charge in [-0.15, -0.1) is 0 Å². The second-order valence-corrected chi connectivity index (χ2v) is 6.82. The number of likely N-dealkylation sites (tertiary alicyclic amines) is 1. The van der Waals surface area contributed by atoms with Crippen LogP contribution in [0.15, 0.2) is 0 Å². The summed E-state index contributed by atoms with van der Waals surface area (Å²) in [6, 6.07) is 0. The lowest BCUT2D eigenvalue weighted by atomic mass is 9.79. The molecule has 2 aliphatic rings. The number of nitrogens with two attached hydrogens (primary N) is 1. The molecular formula is C16H32N2O. The van der Waals surface area contributed by atoms with E-state index in [1.165, 1.54) is 71.0 Å². The van der Waals surface area contributed by atoms with Gasteiger partial charge in [0.05, 0.1) is 6.61 Å². The van der Waals surface area contributed by atoms with Gasteiger partial charge in [0.1, 0.15) is 0 Å². The van der Waals surface area contributed by atoms with E-state index >= 15 is 0 Å². The Hall–Kier alpha value is -0.120. The van der Waals surface area contributed by atoms with Crippen molar-refractivity contribution in [2.45, 2.75) is 51.4 Å². The zero-order valence-corrected chi connectivity index (χ0v) is 12.7. The maximum Gasteiger partial charge on any atom is 0.0502 e. The van der Waals surface area contributed by atoms with E-state index < -0.39 is 0 Å². The van der Waals surface area contributed by atoms with Crippen LogP contribution in [0, 0.1) is 11.3 Å². The smallest absolute Gasteiger partial charge is 0.0502 e. The second-order valence-electron chi connectivity index (χ2n) is 6.82. The number of nitrogens with zero attached hydrogens (tertiary/aromatic N) is 1. The van der Waals surface area contributed by atoms with Gasteiger partial charge in [0.25, 0.3) is 0 Å². The maximum absolute atomic E-state index is 6.17. The van der Waals surface area contributed by atoms with Gasteiger partial charge in [-0.2, -0.15) is 0 Å². The molecular weight excluding hydrogens is 236 g/mol. The normalized spacial score (nSPS) is 29.1. The predicted octanol–water partition coefficient (Wildman–Crippen LogP) is 2.64. The van der Waals surface area contributed by atoms with Gasteiger partial charge in [0.15, 0.2) is 0 Å². The summed E-state index contributed by atoms with van der Waals surface area (Å²) in [5.74, 6) is 0.736. The second kappa shape index (κ2) is 7.61. The quantitative estimate of drug-likeness (QED) is 0.779. The summed E-state index contributed by atoms with van der Waals surface area (Å²) in [6.07, 6.45) is 10.9. The van der Waals surface area contributed by atoms with Gasteiger partial charge in [-0.05, 0) is 50.1 Å². The Morgan fingerprint density at radius 2 is 1.89 bits per heavy atom. The molecule has 1 aliphatic heterocycles. The Bertz CT molecular complexity index is 247. The molecule has 0 amide bonds. The first-order valence-corrected chi connectivity index (χ1v) is 8.19. The van der Waals surface area contributed by atoms with E-state index in [4.69, 9.17) is 10.5 Å². The van der Waals surface area contributed by atoms with Gasteiger partial charge in [-0.3, -0.25) is 0 Å². The first kappa shape index (κ1) is 15.3. The summed E-state index contributed by atoms with van der Waals surface area (Å²) in [7, 11) is 1.83. The van der Waals surface area contributed by atoms with Crippen molar-refractivity contribution in [3.8, 4) is 0 Å². The van der Waals surface area contributed by atoms with E-state index in [1.807, 2.05) is 7.11 Å². The monoisotopic (exact) mass is 268 g/mol. The zero-order valence-electron chi connectivity index (χ0n) is 12.7. The molecule has 1 heterocycles. The summed E-state index contributed by atoms with van der Waals surface area (Å²) in [4.78, 5) is 2.67. The van der Waals surface area contributed by atoms with Gasteiger partial charge in [-0.25, -0.2) is 0 Å². The van der Waals surface area contributed by atoms with Crippen LogP contribution in [0.5, 0.6) is 0 Å². The molecule has 112 valence electrons. The van der Waals surface area contributed by atoms with Crippen molar-refractivity contribution in [3.63, 3.8) is 0 Å². The molecule has 1 saturated carbocycles. The first-order chi connectivity index (χ1) is 9.28. The molecule has 0 spiro atoms. The molecule has 2 N–H and O–H groups in total. The van der Waals surface area contributed by atoms with Crippen molar-refractivity contribution in [1.29, 1.82) is 0 Å². The first-order valence-electron chi connectivity index (χ1n) is 8.19. The van der Waals surface area contributed by atoms with Crippen LogP contribution < -0.4 is 5.73 Å². The Kier molecular flexibility index (Phi) is 6.11. The van der Waals surface area contributed by atoms with Crippen molar-refractivity contribution in [2.24, 2.45) is 17.1 Å². The van der Waals surface area contributed by atoms with Crippen LogP contribution in [0.1, 0.15) is 51.4 Å². The summed E-state index contributed by atoms with van der Waals surface area (Å²) >= 11 is 0. The largest absolute Gasteiger partial charge is 0.384 e. The third-order valence-corrected chi connectivity index (χ3v) is 5.16. The van der Waals surface area contributed by atoms with E-state index in [1.54, 1.807) is 0 Å². The van der Waals surface area contributed by atoms with Crippen LogP contribution in [0.25, 0.3) is 0 Å². The summed E-state index contributed by atoms with van der Waals surface area (Å²) in [5, 5.41) is 0. The number of methoxy groups -OCH3 is 1. The molecule has 3 heteroatoms. The molecule has 2 fully saturated rings. The summed E-state index contributed by atoms with van der Waals surface area (Å²) in [5.41, 5.74) is 6.58. The van der Waals surface area contributed by atoms with Crippen LogP contribution in [0.2, 0.25) is 0 Å². The third-order valence-electron chi connectivity index (χ3n) is 5.16. The molecule has 1 unspecified atom stereocenters. The maximum atomic E-state index is 6.17.